The van der Waals surface area contributed by atoms with Gasteiger partial charge in [0.25, 0.3) is 5.91 Å². The number of benzene rings is 2. The summed E-state index contributed by atoms with van der Waals surface area (Å²) in [5.74, 6) is -1.57. The quantitative estimate of drug-likeness (QED) is 0.889. The number of aliphatic carboxylic acids is 1. The number of nitrogens with zero attached hydrogens (tertiary/aromatic N) is 1. The summed E-state index contributed by atoms with van der Waals surface area (Å²) in [6, 6.07) is 10.9. The lowest BCUT2D eigenvalue weighted by Gasteiger charge is -2.34. The van der Waals surface area contributed by atoms with Gasteiger partial charge in [-0.3, -0.25) is 4.79 Å². The zero-order valence-corrected chi connectivity index (χ0v) is 15.3. The molecule has 0 radical (unpaired) electrons. The summed E-state index contributed by atoms with van der Waals surface area (Å²) in [5, 5.41) is 9.57. The van der Waals surface area contributed by atoms with E-state index >= 15 is 0 Å². The Morgan fingerprint density at radius 2 is 1.77 bits per heavy atom. The second kappa shape index (κ2) is 6.57. The molecular formula is C19H19NO5S. The van der Waals surface area contributed by atoms with E-state index in [0.29, 0.717) is 5.56 Å². The van der Waals surface area contributed by atoms with Crippen molar-refractivity contribution in [2.24, 2.45) is 0 Å². The number of hydrogen-bond acceptors (Lipinski definition) is 4. The zero-order valence-electron chi connectivity index (χ0n) is 14.5. The minimum atomic E-state index is -3.49. The van der Waals surface area contributed by atoms with Crippen LogP contribution in [0.1, 0.15) is 27.0 Å². The van der Waals surface area contributed by atoms with E-state index in [9.17, 15) is 23.1 Å². The average molecular weight is 373 g/mol. The first-order valence-corrected chi connectivity index (χ1v) is 9.99. The molecule has 0 fully saturated rings. The maximum atomic E-state index is 13.0. The van der Waals surface area contributed by atoms with Crippen LogP contribution in [0.2, 0.25) is 0 Å². The predicted octanol–water partition coefficient (Wildman–Crippen LogP) is 2.05. The maximum Gasteiger partial charge on any atom is 0.326 e. The lowest BCUT2D eigenvalue weighted by molar-refractivity contribution is -0.142. The second-order valence-electron chi connectivity index (χ2n) is 6.51. The molecule has 1 amide bonds. The van der Waals surface area contributed by atoms with Crippen LogP contribution in [0.5, 0.6) is 0 Å². The van der Waals surface area contributed by atoms with Crippen molar-refractivity contribution in [3.05, 3.63) is 64.7 Å². The fraction of sp³-hybridized carbons (Fsp3) is 0.263. The van der Waals surface area contributed by atoms with Crippen LogP contribution in [0.25, 0.3) is 0 Å². The molecule has 1 aliphatic rings. The van der Waals surface area contributed by atoms with Crippen molar-refractivity contribution in [1.82, 2.24) is 4.90 Å². The number of fused-ring (bicyclic) bond motifs is 1. The molecule has 6 nitrogen and oxygen atoms in total. The molecule has 0 saturated carbocycles. The fourth-order valence-corrected chi connectivity index (χ4v) is 4.25. The highest BCUT2D eigenvalue weighted by Crippen LogP contribution is 2.26. The highest BCUT2D eigenvalue weighted by atomic mass is 32.2. The highest BCUT2D eigenvalue weighted by molar-refractivity contribution is 7.90. The first-order chi connectivity index (χ1) is 12.2. The molecule has 136 valence electrons. The summed E-state index contributed by atoms with van der Waals surface area (Å²) in [7, 11) is -3.49. The van der Waals surface area contributed by atoms with Gasteiger partial charge in [-0.2, -0.15) is 0 Å². The summed E-state index contributed by atoms with van der Waals surface area (Å²) < 4.78 is 23.8. The third kappa shape index (κ3) is 3.35. The standard InChI is InChI=1S/C19H19NO5S/c1-12-7-8-14(10-17(12)26(2,24)25)18(21)20-11-15-6-4-3-5-13(15)9-16(20)19(22)23/h3-8,10,16H,9,11H2,1-2H3,(H,22,23)/t16-/m1/s1. The second-order valence-corrected chi connectivity index (χ2v) is 8.50. The van der Waals surface area contributed by atoms with Crippen LogP contribution in [-0.4, -0.2) is 42.6 Å². The number of rotatable bonds is 3. The minimum absolute atomic E-state index is 0.0765. The Labute approximate surface area is 152 Å². The van der Waals surface area contributed by atoms with Gasteiger partial charge in [-0.1, -0.05) is 30.3 Å². The van der Waals surface area contributed by atoms with Gasteiger partial charge in [0.2, 0.25) is 0 Å². The van der Waals surface area contributed by atoms with Gasteiger partial charge < -0.3 is 10.0 Å². The summed E-state index contributed by atoms with van der Waals surface area (Å²) in [6.07, 6.45) is 1.31. The van der Waals surface area contributed by atoms with Gasteiger partial charge in [0.05, 0.1) is 4.90 Å². The molecule has 0 spiro atoms. The molecule has 1 aliphatic heterocycles. The maximum absolute atomic E-state index is 13.0. The van der Waals surface area contributed by atoms with Crippen molar-refractivity contribution in [2.75, 3.05) is 6.26 Å². The van der Waals surface area contributed by atoms with Crippen molar-refractivity contribution in [3.63, 3.8) is 0 Å². The number of hydrogen-bond donors (Lipinski definition) is 1. The summed E-state index contributed by atoms with van der Waals surface area (Å²) >= 11 is 0. The largest absolute Gasteiger partial charge is 0.480 e. The third-order valence-electron chi connectivity index (χ3n) is 4.63. The molecule has 0 saturated heterocycles. The Hall–Kier alpha value is -2.67. The molecule has 2 aromatic carbocycles. The molecule has 1 N–H and O–H groups in total. The number of aryl methyl sites for hydroxylation is 1. The molecule has 0 aromatic heterocycles. The Balaban J connectivity index is 2.02. The highest BCUT2D eigenvalue weighted by Gasteiger charge is 2.35. The minimum Gasteiger partial charge on any atom is -0.480 e. The van der Waals surface area contributed by atoms with Crippen LogP contribution in [0.3, 0.4) is 0 Å². The number of carboxylic acids is 1. The van der Waals surface area contributed by atoms with Gasteiger partial charge in [0.15, 0.2) is 9.84 Å². The van der Waals surface area contributed by atoms with E-state index in [0.717, 1.165) is 17.4 Å². The first-order valence-electron chi connectivity index (χ1n) is 8.10. The monoisotopic (exact) mass is 373 g/mol. The SMILES string of the molecule is Cc1ccc(C(=O)N2Cc3ccccc3C[C@@H]2C(=O)O)cc1S(C)(=O)=O. The number of carbonyl (C=O) groups excluding carboxylic acids is 1. The number of sulfone groups is 1. The Morgan fingerprint density at radius 3 is 2.38 bits per heavy atom. The van der Waals surface area contributed by atoms with E-state index < -0.39 is 27.8 Å². The van der Waals surface area contributed by atoms with Crippen molar-refractivity contribution < 1.29 is 23.1 Å². The van der Waals surface area contributed by atoms with Crippen molar-refractivity contribution >= 4 is 21.7 Å². The van der Waals surface area contributed by atoms with Crippen LogP contribution in [0.15, 0.2) is 47.4 Å². The fourth-order valence-electron chi connectivity index (χ4n) is 3.26. The van der Waals surface area contributed by atoms with Crippen molar-refractivity contribution in [1.29, 1.82) is 0 Å². The van der Waals surface area contributed by atoms with Crippen molar-refractivity contribution in [2.45, 2.75) is 30.8 Å². The van der Waals surface area contributed by atoms with Gasteiger partial charge in [0, 0.05) is 24.8 Å². The van der Waals surface area contributed by atoms with E-state index in [1.807, 2.05) is 24.3 Å². The lowest BCUT2D eigenvalue weighted by Crippen LogP contribution is -2.48. The average Bonchev–Trinajstić information content (AvgIpc) is 2.59. The topological polar surface area (TPSA) is 91.8 Å². The molecule has 3 rings (SSSR count). The third-order valence-corrected chi connectivity index (χ3v) is 5.87. The van der Waals surface area contributed by atoms with Gasteiger partial charge in [-0.15, -0.1) is 0 Å². The number of carboxylic acid groups (broad SMARTS) is 1. The zero-order chi connectivity index (χ0) is 19.1. The van der Waals surface area contributed by atoms with E-state index in [4.69, 9.17) is 0 Å². The van der Waals surface area contributed by atoms with E-state index in [-0.39, 0.29) is 23.4 Å². The van der Waals surface area contributed by atoms with Gasteiger partial charge in [0.1, 0.15) is 6.04 Å². The Bertz CT molecular complexity index is 997. The molecule has 2 aromatic rings. The first kappa shape index (κ1) is 18.1. The molecule has 1 heterocycles. The molecule has 0 unspecified atom stereocenters. The van der Waals surface area contributed by atoms with E-state index in [1.54, 1.807) is 13.0 Å². The lowest BCUT2D eigenvalue weighted by atomic mass is 9.93. The Kier molecular flexibility index (Phi) is 4.58. The van der Waals surface area contributed by atoms with Crippen molar-refractivity contribution in [3.8, 4) is 0 Å². The number of carbonyl (C=O) groups is 2. The molecule has 0 bridgehead atoms. The van der Waals surface area contributed by atoms with Gasteiger partial charge in [-0.25, -0.2) is 13.2 Å². The van der Waals surface area contributed by atoms with Crippen LogP contribution < -0.4 is 0 Å². The van der Waals surface area contributed by atoms with E-state index in [2.05, 4.69) is 0 Å². The van der Waals surface area contributed by atoms with Crippen LogP contribution in [-0.2, 0) is 27.6 Å². The Morgan fingerprint density at radius 1 is 1.12 bits per heavy atom. The summed E-state index contributed by atoms with van der Waals surface area (Å²) in [4.78, 5) is 26.1. The predicted molar refractivity (Wildman–Crippen MR) is 95.7 cm³/mol. The molecular weight excluding hydrogens is 354 g/mol. The van der Waals surface area contributed by atoms with Crippen LogP contribution in [0.4, 0.5) is 0 Å². The molecule has 26 heavy (non-hydrogen) atoms. The van der Waals surface area contributed by atoms with Crippen LogP contribution in [0, 0.1) is 6.92 Å². The number of amides is 1. The van der Waals surface area contributed by atoms with E-state index in [1.165, 1.54) is 17.0 Å². The molecule has 1 atom stereocenters. The summed E-state index contributed by atoms with van der Waals surface area (Å²) in [5.41, 5.74) is 2.52. The summed E-state index contributed by atoms with van der Waals surface area (Å²) in [6.45, 7) is 1.83. The smallest absolute Gasteiger partial charge is 0.326 e. The van der Waals surface area contributed by atoms with Gasteiger partial charge >= 0.3 is 5.97 Å². The molecule has 7 heteroatoms. The normalized spacial score (nSPS) is 16.8. The van der Waals surface area contributed by atoms with Gasteiger partial charge in [-0.05, 0) is 35.7 Å². The molecule has 0 aliphatic carbocycles. The van der Waals surface area contributed by atoms with Crippen LogP contribution >= 0.6 is 0 Å².